The number of ether oxygens (including phenoxy) is 1. The number of aryl methyl sites for hydroxylation is 2. The Labute approximate surface area is 155 Å². The highest BCUT2D eigenvalue weighted by atomic mass is 79.9. The number of hydrogen-bond donors (Lipinski definition) is 0. The number of aromatic nitrogens is 2. The first kappa shape index (κ1) is 17.3. The molecule has 24 heavy (non-hydrogen) atoms. The second-order valence-electron chi connectivity index (χ2n) is 5.12. The van der Waals surface area contributed by atoms with E-state index < -0.39 is 0 Å². The fraction of sp³-hybridized carbons (Fsp3) is 0.312. The Hall–Kier alpha value is -1.51. The van der Waals surface area contributed by atoms with E-state index in [1.165, 1.54) is 28.2 Å². The van der Waals surface area contributed by atoms with Crippen LogP contribution in [0.5, 0.6) is 0 Å². The van der Waals surface area contributed by atoms with Gasteiger partial charge in [-0.05, 0) is 53.0 Å². The quantitative estimate of drug-likeness (QED) is 0.504. The third kappa shape index (κ3) is 3.93. The molecule has 126 valence electrons. The van der Waals surface area contributed by atoms with Crippen molar-refractivity contribution in [3.05, 3.63) is 43.2 Å². The molecule has 0 N–H and O–H groups in total. The van der Waals surface area contributed by atoms with Gasteiger partial charge in [0.15, 0.2) is 6.61 Å². The maximum absolute atomic E-state index is 12.2. The van der Waals surface area contributed by atoms with Gasteiger partial charge in [-0.15, -0.1) is 32.9 Å². The molecule has 0 aromatic carbocycles. The molecule has 3 aromatic rings. The van der Waals surface area contributed by atoms with Gasteiger partial charge < -0.3 is 9.15 Å². The summed E-state index contributed by atoms with van der Waals surface area (Å²) < 4.78 is 11.8. The summed E-state index contributed by atoms with van der Waals surface area (Å²) in [6.07, 6.45) is 2.02. The van der Waals surface area contributed by atoms with Crippen LogP contribution in [0.3, 0.4) is 0 Å². The molecule has 0 aliphatic carbocycles. The van der Waals surface area contributed by atoms with Crippen LogP contribution in [0, 0.1) is 6.92 Å². The molecule has 0 aliphatic rings. The summed E-state index contributed by atoms with van der Waals surface area (Å²) in [5.74, 6) is 0.350. The van der Waals surface area contributed by atoms with Crippen LogP contribution in [0.15, 0.2) is 26.4 Å². The minimum absolute atomic E-state index is 0.0293. The maximum Gasteiger partial charge on any atom is 0.348 e. The van der Waals surface area contributed by atoms with Crippen molar-refractivity contribution in [2.75, 3.05) is 0 Å². The van der Waals surface area contributed by atoms with Gasteiger partial charge in [0, 0.05) is 4.88 Å². The van der Waals surface area contributed by atoms with Gasteiger partial charge >= 0.3 is 5.97 Å². The Bertz CT molecular complexity index is 853. The molecule has 8 heteroatoms. The molecule has 0 saturated heterocycles. The third-order valence-corrected chi connectivity index (χ3v) is 6.00. The normalized spacial score (nSPS) is 11.0. The third-order valence-electron chi connectivity index (χ3n) is 3.32. The highest BCUT2D eigenvalue weighted by Gasteiger charge is 2.16. The molecule has 3 heterocycles. The van der Waals surface area contributed by atoms with Gasteiger partial charge in [-0.3, -0.25) is 0 Å². The maximum atomic E-state index is 12.2. The zero-order chi connectivity index (χ0) is 17.1. The van der Waals surface area contributed by atoms with E-state index >= 15 is 0 Å². The van der Waals surface area contributed by atoms with Gasteiger partial charge in [-0.1, -0.05) is 13.3 Å². The monoisotopic (exact) mass is 426 g/mol. The molecule has 5 nitrogen and oxygen atoms in total. The predicted molar refractivity (Wildman–Crippen MR) is 97.5 cm³/mol. The molecule has 0 aliphatic heterocycles. The Balaban J connectivity index is 1.62. The van der Waals surface area contributed by atoms with Crippen LogP contribution >= 0.6 is 38.6 Å². The van der Waals surface area contributed by atoms with Crippen molar-refractivity contribution in [3.63, 3.8) is 0 Å². The molecule has 0 radical (unpaired) electrons. The molecular weight excluding hydrogens is 412 g/mol. The van der Waals surface area contributed by atoms with Crippen LogP contribution in [0.1, 0.15) is 39.3 Å². The summed E-state index contributed by atoms with van der Waals surface area (Å²) >= 11 is 6.35. The Morgan fingerprint density at radius 1 is 1.33 bits per heavy atom. The molecular formula is C16H15BrN2O3S2. The predicted octanol–water partition coefficient (Wildman–Crippen LogP) is 5.24. The molecule has 0 amide bonds. The van der Waals surface area contributed by atoms with Crippen molar-refractivity contribution in [1.29, 1.82) is 0 Å². The lowest BCUT2D eigenvalue weighted by Gasteiger charge is -1.98. The molecule has 0 fully saturated rings. The van der Waals surface area contributed by atoms with E-state index in [1.807, 2.05) is 25.1 Å². The van der Waals surface area contributed by atoms with Crippen LogP contribution in [0.25, 0.3) is 10.8 Å². The number of hydrogen-bond acceptors (Lipinski definition) is 7. The van der Waals surface area contributed by atoms with Crippen molar-refractivity contribution in [3.8, 4) is 10.8 Å². The lowest BCUT2D eigenvalue weighted by Crippen LogP contribution is -2.03. The lowest BCUT2D eigenvalue weighted by atomic mass is 10.1. The number of nitrogens with zero attached hydrogens (tertiary/aromatic N) is 2. The topological polar surface area (TPSA) is 65.2 Å². The van der Waals surface area contributed by atoms with Crippen LogP contribution in [0.4, 0.5) is 0 Å². The molecule has 0 unspecified atom stereocenters. The fourth-order valence-electron chi connectivity index (χ4n) is 2.18. The average Bonchev–Trinajstić information content (AvgIpc) is 3.26. The Morgan fingerprint density at radius 2 is 2.17 bits per heavy atom. The SMILES string of the molecule is CCCc1cc(C(=O)OCc2nnc(-c3ccc(Br)s3)o2)sc1C. The molecule has 3 rings (SSSR count). The first-order valence-electron chi connectivity index (χ1n) is 7.41. The number of rotatable bonds is 6. The van der Waals surface area contributed by atoms with Crippen molar-refractivity contribution in [2.45, 2.75) is 33.3 Å². The van der Waals surface area contributed by atoms with Crippen LogP contribution in [-0.2, 0) is 17.8 Å². The van der Waals surface area contributed by atoms with Gasteiger partial charge in [-0.2, -0.15) is 0 Å². The van der Waals surface area contributed by atoms with Gasteiger partial charge in [-0.25, -0.2) is 4.79 Å². The molecule has 0 atom stereocenters. The second kappa shape index (κ2) is 7.58. The summed E-state index contributed by atoms with van der Waals surface area (Å²) in [5.41, 5.74) is 1.21. The van der Waals surface area contributed by atoms with Crippen molar-refractivity contribution < 1.29 is 13.9 Å². The Kier molecular flexibility index (Phi) is 5.47. The van der Waals surface area contributed by atoms with E-state index in [0.717, 1.165) is 26.4 Å². The summed E-state index contributed by atoms with van der Waals surface area (Å²) in [7, 11) is 0. The van der Waals surface area contributed by atoms with Crippen molar-refractivity contribution >= 4 is 44.6 Å². The minimum Gasteiger partial charge on any atom is -0.451 e. The number of thiophene rings is 2. The summed E-state index contributed by atoms with van der Waals surface area (Å²) in [4.78, 5) is 14.8. The smallest absolute Gasteiger partial charge is 0.348 e. The van der Waals surface area contributed by atoms with E-state index in [0.29, 0.717) is 10.8 Å². The standard InChI is InChI=1S/C16H15BrN2O3S2/c1-3-4-10-7-12(23-9(10)2)16(20)21-8-14-18-19-15(22-14)11-5-6-13(17)24-11/h5-7H,3-4,8H2,1-2H3. The highest BCUT2D eigenvalue weighted by molar-refractivity contribution is 9.11. The molecule has 0 bridgehead atoms. The molecule has 0 spiro atoms. The second-order valence-corrected chi connectivity index (χ2v) is 8.84. The first-order chi connectivity index (χ1) is 11.6. The van der Waals surface area contributed by atoms with Gasteiger partial charge in [0.1, 0.15) is 4.88 Å². The lowest BCUT2D eigenvalue weighted by molar-refractivity contribution is 0.0444. The zero-order valence-electron chi connectivity index (χ0n) is 13.2. The minimum atomic E-state index is -0.357. The largest absolute Gasteiger partial charge is 0.451 e. The van der Waals surface area contributed by atoms with Crippen LogP contribution < -0.4 is 0 Å². The van der Waals surface area contributed by atoms with Crippen LogP contribution in [0.2, 0.25) is 0 Å². The number of carbonyl (C=O) groups excluding carboxylic acids is 1. The van der Waals surface area contributed by atoms with Gasteiger partial charge in [0.2, 0.25) is 0 Å². The summed E-state index contributed by atoms with van der Waals surface area (Å²) in [5, 5.41) is 7.90. The van der Waals surface area contributed by atoms with Gasteiger partial charge in [0.25, 0.3) is 11.8 Å². The zero-order valence-corrected chi connectivity index (χ0v) is 16.4. The highest BCUT2D eigenvalue weighted by Crippen LogP contribution is 2.30. The van der Waals surface area contributed by atoms with E-state index in [2.05, 4.69) is 33.1 Å². The van der Waals surface area contributed by atoms with E-state index in [-0.39, 0.29) is 18.5 Å². The van der Waals surface area contributed by atoms with E-state index in [1.54, 1.807) is 0 Å². The van der Waals surface area contributed by atoms with E-state index in [4.69, 9.17) is 9.15 Å². The molecule has 0 saturated carbocycles. The van der Waals surface area contributed by atoms with Crippen molar-refractivity contribution in [2.24, 2.45) is 0 Å². The first-order valence-corrected chi connectivity index (χ1v) is 9.84. The Morgan fingerprint density at radius 3 is 2.88 bits per heavy atom. The van der Waals surface area contributed by atoms with Crippen LogP contribution in [-0.4, -0.2) is 16.2 Å². The van der Waals surface area contributed by atoms with Gasteiger partial charge in [0.05, 0.1) is 8.66 Å². The molecule has 3 aromatic heterocycles. The summed E-state index contributed by atoms with van der Waals surface area (Å²) in [6, 6.07) is 5.72. The van der Waals surface area contributed by atoms with Crippen molar-refractivity contribution in [1.82, 2.24) is 10.2 Å². The number of halogens is 1. The van der Waals surface area contributed by atoms with E-state index in [9.17, 15) is 4.79 Å². The average molecular weight is 427 g/mol. The summed E-state index contributed by atoms with van der Waals surface area (Å²) in [6.45, 7) is 4.11. The fourth-order valence-corrected chi connectivity index (χ4v) is 4.45. The number of esters is 1. The number of carbonyl (C=O) groups is 1.